The molecule has 0 saturated carbocycles. The average molecular weight is 425 g/mol. The van der Waals surface area contributed by atoms with Crippen LogP contribution in [0.4, 0.5) is 0 Å². The smallest absolute Gasteiger partial charge is 0.177 e. The van der Waals surface area contributed by atoms with Crippen molar-refractivity contribution in [2.24, 2.45) is 0 Å². The second-order valence-corrected chi connectivity index (χ2v) is 8.25. The molecular weight excluding hydrogens is 384 g/mol. The summed E-state index contributed by atoms with van der Waals surface area (Å²) >= 11 is 0. The second-order valence-electron chi connectivity index (χ2n) is 8.25. The van der Waals surface area contributed by atoms with Gasteiger partial charge in [0.15, 0.2) is 6.29 Å². The van der Waals surface area contributed by atoms with Crippen LogP contribution in [0.25, 0.3) is 0 Å². The van der Waals surface area contributed by atoms with Gasteiger partial charge < -0.3 is 24.8 Å². The molecule has 1 unspecified atom stereocenters. The van der Waals surface area contributed by atoms with E-state index in [4.69, 9.17) is 9.47 Å². The Bertz CT molecular complexity index is 562. The number of rotatable bonds is 14. The summed E-state index contributed by atoms with van der Waals surface area (Å²) in [6, 6.07) is 9.57. The van der Waals surface area contributed by atoms with Gasteiger partial charge in [0.25, 0.3) is 0 Å². The quantitative estimate of drug-likeness (QED) is 0.230. The summed E-state index contributed by atoms with van der Waals surface area (Å²) in [5.41, 5.74) is 7.49. The molecule has 1 fully saturated rings. The van der Waals surface area contributed by atoms with Crippen LogP contribution in [0.15, 0.2) is 30.3 Å². The van der Waals surface area contributed by atoms with Crippen molar-refractivity contribution in [1.82, 2.24) is 10.9 Å². The van der Waals surface area contributed by atoms with Crippen LogP contribution in [0.5, 0.6) is 0 Å². The van der Waals surface area contributed by atoms with Crippen LogP contribution < -0.4 is 10.9 Å². The molecule has 0 radical (unpaired) electrons. The van der Waals surface area contributed by atoms with Crippen LogP contribution >= 0.6 is 0 Å². The molecule has 0 amide bonds. The molecule has 1 saturated heterocycles. The van der Waals surface area contributed by atoms with Gasteiger partial charge in [0.2, 0.25) is 0 Å². The maximum atomic E-state index is 10.6. The van der Waals surface area contributed by atoms with Gasteiger partial charge in [-0.1, -0.05) is 69.4 Å². The SMILES string of the molecule is CCCCCCCCOC1O[C@H](CO)[C@H](O)[C@H](O)[C@H]1NN[C@@H](C)Cc1ccccc1. The van der Waals surface area contributed by atoms with E-state index >= 15 is 0 Å². The van der Waals surface area contributed by atoms with Crippen molar-refractivity contribution in [3.63, 3.8) is 0 Å². The Labute approximate surface area is 180 Å². The largest absolute Gasteiger partial charge is 0.394 e. The van der Waals surface area contributed by atoms with E-state index < -0.39 is 30.6 Å². The van der Waals surface area contributed by atoms with Crippen molar-refractivity contribution in [3.8, 4) is 0 Å². The summed E-state index contributed by atoms with van der Waals surface area (Å²) in [4.78, 5) is 0. The molecular formula is C23H40N2O5. The van der Waals surface area contributed by atoms with E-state index in [0.29, 0.717) is 6.61 Å². The minimum absolute atomic E-state index is 0.0894. The Balaban J connectivity index is 1.84. The summed E-state index contributed by atoms with van der Waals surface area (Å²) < 4.78 is 11.6. The summed E-state index contributed by atoms with van der Waals surface area (Å²) in [7, 11) is 0. The summed E-state index contributed by atoms with van der Waals surface area (Å²) in [6.07, 6.45) is 3.78. The van der Waals surface area contributed by atoms with Gasteiger partial charge in [0, 0.05) is 12.6 Å². The monoisotopic (exact) mass is 424 g/mol. The summed E-state index contributed by atoms with van der Waals surface area (Å²) in [5.74, 6) is 0. The van der Waals surface area contributed by atoms with Gasteiger partial charge in [-0.05, 0) is 25.3 Å². The molecule has 5 N–H and O–H groups in total. The fourth-order valence-corrected chi connectivity index (χ4v) is 3.72. The molecule has 7 nitrogen and oxygen atoms in total. The number of hydrogen-bond acceptors (Lipinski definition) is 7. The van der Waals surface area contributed by atoms with Crippen LogP contribution in [0.2, 0.25) is 0 Å². The van der Waals surface area contributed by atoms with E-state index in [1.807, 2.05) is 25.1 Å². The highest BCUT2D eigenvalue weighted by Gasteiger charge is 2.44. The van der Waals surface area contributed by atoms with Crippen LogP contribution in [0.3, 0.4) is 0 Å². The van der Waals surface area contributed by atoms with E-state index in [-0.39, 0.29) is 12.6 Å². The van der Waals surface area contributed by atoms with Gasteiger partial charge in [0.1, 0.15) is 24.4 Å². The van der Waals surface area contributed by atoms with Gasteiger partial charge in [0.05, 0.1) is 6.61 Å². The third kappa shape index (κ3) is 8.23. The molecule has 1 heterocycles. The van der Waals surface area contributed by atoms with Crippen molar-refractivity contribution in [3.05, 3.63) is 35.9 Å². The molecule has 1 aromatic rings. The van der Waals surface area contributed by atoms with E-state index in [9.17, 15) is 15.3 Å². The first kappa shape index (κ1) is 25.2. The first-order chi connectivity index (χ1) is 14.6. The topological polar surface area (TPSA) is 103 Å². The van der Waals surface area contributed by atoms with E-state index in [2.05, 4.69) is 29.9 Å². The lowest BCUT2D eigenvalue weighted by Crippen LogP contribution is -2.66. The van der Waals surface area contributed by atoms with Crippen molar-refractivity contribution in [2.75, 3.05) is 13.2 Å². The molecule has 0 aromatic heterocycles. The van der Waals surface area contributed by atoms with Crippen LogP contribution in [-0.4, -0.2) is 65.2 Å². The van der Waals surface area contributed by atoms with Crippen LogP contribution in [-0.2, 0) is 15.9 Å². The molecule has 172 valence electrons. The summed E-state index contributed by atoms with van der Waals surface area (Å²) in [5, 5.41) is 30.3. The zero-order valence-corrected chi connectivity index (χ0v) is 18.4. The standard InChI is InChI=1S/C23H40N2O5/c1-3-4-5-6-7-11-14-29-23-20(22(28)21(27)19(16-26)30-23)25-24-17(2)15-18-12-9-8-10-13-18/h8-10,12-13,17,19-28H,3-7,11,14-16H2,1-2H3/t17-,19+,20+,21-,22+,23?/m0/s1. The average Bonchev–Trinajstić information content (AvgIpc) is 2.75. The third-order valence-electron chi connectivity index (χ3n) is 5.54. The molecule has 0 bridgehead atoms. The van der Waals surface area contributed by atoms with Crippen molar-refractivity contribution < 1.29 is 24.8 Å². The molecule has 6 atom stereocenters. The lowest BCUT2D eigenvalue weighted by atomic mass is 9.97. The van der Waals surface area contributed by atoms with Gasteiger partial charge in [-0.2, -0.15) is 0 Å². The van der Waals surface area contributed by atoms with Gasteiger partial charge in [-0.15, -0.1) is 0 Å². The Kier molecular flexibility index (Phi) is 11.8. The van der Waals surface area contributed by atoms with Gasteiger partial charge in [-0.3, -0.25) is 5.43 Å². The number of aliphatic hydroxyl groups is 3. The van der Waals surface area contributed by atoms with Crippen molar-refractivity contribution >= 4 is 0 Å². The molecule has 0 spiro atoms. The number of ether oxygens (including phenoxy) is 2. The van der Waals surface area contributed by atoms with Crippen LogP contribution in [0, 0.1) is 0 Å². The van der Waals surface area contributed by atoms with Crippen LogP contribution in [0.1, 0.15) is 57.9 Å². The number of hydrogen-bond donors (Lipinski definition) is 5. The second kappa shape index (κ2) is 14.1. The van der Waals surface area contributed by atoms with Crippen molar-refractivity contribution in [1.29, 1.82) is 0 Å². The Morgan fingerprint density at radius 3 is 2.43 bits per heavy atom. The number of unbranched alkanes of at least 4 members (excludes halogenated alkanes) is 5. The maximum absolute atomic E-state index is 10.6. The predicted molar refractivity (Wildman–Crippen MR) is 117 cm³/mol. The molecule has 1 aromatic carbocycles. The first-order valence-corrected chi connectivity index (χ1v) is 11.4. The van der Waals surface area contributed by atoms with E-state index in [0.717, 1.165) is 19.3 Å². The number of hydrazine groups is 1. The van der Waals surface area contributed by atoms with Crippen molar-refractivity contribution in [2.45, 2.75) is 95.5 Å². The third-order valence-corrected chi connectivity index (χ3v) is 5.54. The number of benzene rings is 1. The zero-order chi connectivity index (χ0) is 21.8. The lowest BCUT2D eigenvalue weighted by molar-refractivity contribution is -0.272. The predicted octanol–water partition coefficient (Wildman–Crippen LogP) is 1.90. The minimum Gasteiger partial charge on any atom is -0.394 e. The maximum Gasteiger partial charge on any atom is 0.177 e. The number of nitrogens with one attached hydrogen (secondary N) is 2. The van der Waals surface area contributed by atoms with Gasteiger partial charge >= 0.3 is 0 Å². The van der Waals surface area contributed by atoms with E-state index in [1.165, 1.54) is 31.2 Å². The Morgan fingerprint density at radius 1 is 1.03 bits per heavy atom. The summed E-state index contributed by atoms with van der Waals surface area (Å²) in [6.45, 7) is 4.37. The normalized spacial score (nSPS) is 27.8. The molecule has 0 aliphatic carbocycles. The Hall–Kier alpha value is -1.06. The number of aliphatic hydroxyl groups excluding tert-OH is 3. The van der Waals surface area contributed by atoms with E-state index in [1.54, 1.807) is 0 Å². The van der Waals surface area contributed by atoms with Gasteiger partial charge in [-0.25, -0.2) is 5.43 Å². The molecule has 2 rings (SSSR count). The highest BCUT2D eigenvalue weighted by Crippen LogP contribution is 2.22. The highest BCUT2D eigenvalue weighted by molar-refractivity contribution is 5.15. The molecule has 30 heavy (non-hydrogen) atoms. The molecule has 1 aliphatic rings. The fourth-order valence-electron chi connectivity index (χ4n) is 3.72. The minimum atomic E-state index is -1.19. The molecule has 7 heteroatoms. The zero-order valence-electron chi connectivity index (χ0n) is 18.4. The molecule has 1 aliphatic heterocycles. The highest BCUT2D eigenvalue weighted by atomic mass is 16.7. The Morgan fingerprint density at radius 2 is 1.73 bits per heavy atom. The lowest BCUT2D eigenvalue weighted by Gasteiger charge is -2.42. The first-order valence-electron chi connectivity index (χ1n) is 11.4. The fraction of sp³-hybridized carbons (Fsp3) is 0.739.